The van der Waals surface area contributed by atoms with E-state index in [-0.39, 0.29) is 12.0 Å². The largest absolute Gasteiger partial charge is 0.497 e. The van der Waals surface area contributed by atoms with E-state index in [1.807, 2.05) is 0 Å². The lowest BCUT2D eigenvalue weighted by Gasteiger charge is -2.30. The van der Waals surface area contributed by atoms with Gasteiger partial charge in [-0.1, -0.05) is 6.07 Å². The number of amides is 1. The molecule has 0 bridgehead atoms. The molecular weight excluding hydrogens is 327 g/mol. The molecule has 0 radical (unpaired) electrons. The van der Waals surface area contributed by atoms with Crippen LogP contribution in [0.2, 0.25) is 0 Å². The van der Waals surface area contributed by atoms with Crippen LogP contribution >= 0.6 is 0 Å². The number of hydrogen-bond donors (Lipinski definition) is 1. The van der Waals surface area contributed by atoms with E-state index in [0.717, 1.165) is 12.1 Å². The van der Waals surface area contributed by atoms with Crippen LogP contribution in [0.15, 0.2) is 18.2 Å². The van der Waals surface area contributed by atoms with E-state index >= 15 is 0 Å². The molecule has 0 spiro atoms. The van der Waals surface area contributed by atoms with Gasteiger partial charge in [-0.3, -0.25) is 0 Å². The highest BCUT2D eigenvalue weighted by Crippen LogP contribution is 2.38. The monoisotopic (exact) mass is 347 g/mol. The van der Waals surface area contributed by atoms with E-state index in [4.69, 9.17) is 9.47 Å². The summed E-state index contributed by atoms with van der Waals surface area (Å²) in [6.07, 6.45) is -5.50. The summed E-state index contributed by atoms with van der Waals surface area (Å²) >= 11 is 0. The van der Waals surface area contributed by atoms with E-state index in [9.17, 15) is 22.8 Å². The summed E-state index contributed by atoms with van der Waals surface area (Å²) in [6, 6.07) is 3.14. The standard InChI is InChI=1S/C16H20F3NO4/c1-14(2,3)24-13(22)20-15(4,9-21)11-7-6-10(23-5)8-12(11)16(17,18)19/h6-9H,1-5H3,(H,20,22). The van der Waals surface area contributed by atoms with Crippen molar-refractivity contribution in [2.24, 2.45) is 0 Å². The molecule has 0 heterocycles. The molecule has 1 atom stereocenters. The van der Waals surface area contributed by atoms with E-state index in [1.165, 1.54) is 20.1 Å². The van der Waals surface area contributed by atoms with Gasteiger partial charge in [0.2, 0.25) is 0 Å². The molecule has 0 aliphatic heterocycles. The van der Waals surface area contributed by atoms with E-state index in [0.29, 0.717) is 0 Å². The molecule has 0 aliphatic carbocycles. The van der Waals surface area contributed by atoms with Crippen molar-refractivity contribution in [2.45, 2.75) is 45.0 Å². The Hall–Kier alpha value is -2.25. The lowest BCUT2D eigenvalue weighted by molar-refractivity contribution is -0.139. The molecule has 5 nitrogen and oxygen atoms in total. The van der Waals surface area contributed by atoms with Gasteiger partial charge in [0, 0.05) is 0 Å². The Morgan fingerprint density at radius 3 is 2.12 bits per heavy atom. The molecule has 24 heavy (non-hydrogen) atoms. The number of methoxy groups -OCH3 is 1. The fourth-order valence-electron chi connectivity index (χ4n) is 2.01. The van der Waals surface area contributed by atoms with Crippen molar-refractivity contribution in [3.05, 3.63) is 29.3 Å². The second-order valence-corrected chi connectivity index (χ2v) is 6.36. The molecule has 0 aliphatic rings. The molecule has 0 saturated heterocycles. The Bertz CT molecular complexity index is 623. The molecule has 1 aromatic rings. The van der Waals surface area contributed by atoms with Gasteiger partial charge in [0.15, 0.2) is 0 Å². The summed E-state index contributed by atoms with van der Waals surface area (Å²) in [5, 5.41) is 2.20. The number of carbonyl (C=O) groups excluding carboxylic acids is 2. The third kappa shape index (κ3) is 4.87. The zero-order chi connectivity index (χ0) is 18.8. The third-order valence-corrected chi connectivity index (χ3v) is 3.09. The summed E-state index contributed by atoms with van der Waals surface area (Å²) in [4.78, 5) is 23.4. The Morgan fingerprint density at radius 2 is 1.71 bits per heavy atom. The number of hydrogen-bond acceptors (Lipinski definition) is 4. The summed E-state index contributed by atoms with van der Waals surface area (Å²) < 4.78 is 49.8. The number of ether oxygens (including phenoxy) is 2. The molecule has 8 heteroatoms. The van der Waals surface area contributed by atoms with Crippen LogP contribution in [0.25, 0.3) is 0 Å². The van der Waals surface area contributed by atoms with Gasteiger partial charge in [-0.05, 0) is 45.4 Å². The molecule has 1 rings (SSSR count). The maximum atomic E-state index is 13.3. The van der Waals surface area contributed by atoms with E-state index < -0.39 is 34.5 Å². The van der Waals surface area contributed by atoms with Gasteiger partial charge >= 0.3 is 12.3 Å². The molecule has 0 aromatic heterocycles. The number of halogens is 3. The van der Waals surface area contributed by atoms with Gasteiger partial charge in [-0.2, -0.15) is 13.2 Å². The Kier molecular flexibility index (Phi) is 5.53. The van der Waals surface area contributed by atoms with Crippen LogP contribution < -0.4 is 10.1 Å². The highest BCUT2D eigenvalue weighted by atomic mass is 19.4. The molecule has 0 saturated carbocycles. The maximum Gasteiger partial charge on any atom is 0.416 e. The van der Waals surface area contributed by atoms with Gasteiger partial charge < -0.3 is 19.6 Å². The molecule has 1 amide bonds. The summed E-state index contributed by atoms with van der Waals surface area (Å²) in [6.45, 7) is 5.96. The summed E-state index contributed by atoms with van der Waals surface area (Å²) in [5.41, 5.74) is -4.26. The SMILES string of the molecule is COc1ccc(C(C)(C=O)NC(=O)OC(C)(C)C)c(C(F)(F)F)c1. The quantitative estimate of drug-likeness (QED) is 0.845. The Balaban J connectivity index is 3.33. The smallest absolute Gasteiger partial charge is 0.416 e. The molecule has 0 fully saturated rings. The van der Waals surface area contributed by atoms with Gasteiger partial charge in [-0.15, -0.1) is 0 Å². The number of aldehydes is 1. The van der Waals surface area contributed by atoms with Crippen molar-refractivity contribution < 1.29 is 32.2 Å². The van der Waals surface area contributed by atoms with Crippen LogP contribution in [0.4, 0.5) is 18.0 Å². The first-order chi connectivity index (χ1) is 10.8. The van der Waals surface area contributed by atoms with Crippen LogP contribution in [-0.4, -0.2) is 25.1 Å². The number of alkyl carbamates (subject to hydrolysis) is 1. The topological polar surface area (TPSA) is 64.6 Å². The van der Waals surface area contributed by atoms with Crippen LogP contribution in [0.5, 0.6) is 5.75 Å². The van der Waals surface area contributed by atoms with Crippen molar-refractivity contribution in [1.82, 2.24) is 5.32 Å². The Morgan fingerprint density at radius 1 is 1.12 bits per heavy atom. The lowest BCUT2D eigenvalue weighted by Crippen LogP contribution is -2.47. The molecule has 1 N–H and O–H groups in total. The van der Waals surface area contributed by atoms with Crippen molar-refractivity contribution in [2.75, 3.05) is 7.11 Å². The molecule has 1 aromatic carbocycles. The van der Waals surface area contributed by atoms with Gasteiger partial charge in [0.25, 0.3) is 0 Å². The second-order valence-electron chi connectivity index (χ2n) is 6.36. The molecular formula is C16H20F3NO4. The van der Waals surface area contributed by atoms with Crippen LogP contribution in [-0.2, 0) is 21.2 Å². The minimum absolute atomic E-state index is 0.0170. The Labute approximate surface area is 138 Å². The minimum atomic E-state index is -4.73. The van der Waals surface area contributed by atoms with E-state index in [2.05, 4.69) is 5.32 Å². The van der Waals surface area contributed by atoms with Gasteiger partial charge in [-0.25, -0.2) is 4.79 Å². The lowest BCUT2D eigenvalue weighted by atomic mass is 9.89. The number of nitrogens with one attached hydrogen (secondary N) is 1. The minimum Gasteiger partial charge on any atom is -0.497 e. The molecule has 134 valence electrons. The van der Waals surface area contributed by atoms with Crippen LogP contribution in [0, 0.1) is 0 Å². The summed E-state index contributed by atoms with van der Waals surface area (Å²) in [5.74, 6) is -0.0170. The van der Waals surface area contributed by atoms with Crippen molar-refractivity contribution in [1.29, 1.82) is 0 Å². The van der Waals surface area contributed by atoms with Gasteiger partial charge in [0.1, 0.15) is 23.2 Å². The van der Waals surface area contributed by atoms with Gasteiger partial charge in [0.05, 0.1) is 12.7 Å². The highest BCUT2D eigenvalue weighted by Gasteiger charge is 2.41. The van der Waals surface area contributed by atoms with Crippen molar-refractivity contribution in [3.63, 3.8) is 0 Å². The number of rotatable bonds is 4. The summed E-state index contributed by atoms with van der Waals surface area (Å²) in [7, 11) is 1.23. The van der Waals surface area contributed by atoms with E-state index in [1.54, 1.807) is 20.8 Å². The predicted octanol–water partition coefficient (Wildman–Crippen LogP) is 3.65. The fourth-order valence-corrected chi connectivity index (χ4v) is 2.01. The predicted molar refractivity (Wildman–Crippen MR) is 80.8 cm³/mol. The zero-order valence-corrected chi connectivity index (χ0v) is 14.1. The third-order valence-electron chi connectivity index (χ3n) is 3.09. The first-order valence-electron chi connectivity index (χ1n) is 7.05. The first-order valence-corrected chi connectivity index (χ1v) is 7.05. The van der Waals surface area contributed by atoms with Crippen molar-refractivity contribution >= 4 is 12.4 Å². The zero-order valence-electron chi connectivity index (χ0n) is 14.1. The first kappa shape index (κ1) is 19.8. The highest BCUT2D eigenvalue weighted by molar-refractivity contribution is 5.78. The number of carbonyl (C=O) groups is 2. The van der Waals surface area contributed by atoms with Crippen molar-refractivity contribution in [3.8, 4) is 5.75 Å². The van der Waals surface area contributed by atoms with Crippen LogP contribution in [0.1, 0.15) is 38.8 Å². The average Bonchev–Trinajstić information content (AvgIpc) is 2.43. The normalized spacial score (nSPS) is 14.5. The maximum absolute atomic E-state index is 13.3. The number of benzene rings is 1. The second kappa shape index (κ2) is 6.70. The van der Waals surface area contributed by atoms with Crippen LogP contribution in [0.3, 0.4) is 0 Å². The fraction of sp³-hybridized carbons (Fsp3) is 0.500. The average molecular weight is 347 g/mol. The molecule has 1 unspecified atom stereocenters. The number of alkyl halides is 3.